The lowest BCUT2D eigenvalue weighted by molar-refractivity contribution is 0.116. The van der Waals surface area contributed by atoms with E-state index < -0.39 is 0 Å². The molecule has 2 nitrogen and oxygen atoms in total. The number of hydrogen-bond acceptors (Lipinski definition) is 2. The number of aliphatic hydroxyl groups is 1. The molecule has 1 aliphatic rings. The fourth-order valence-corrected chi connectivity index (χ4v) is 2.61. The molecule has 0 aromatic heterocycles. The van der Waals surface area contributed by atoms with Crippen molar-refractivity contribution in [3.63, 3.8) is 0 Å². The lowest BCUT2D eigenvalue weighted by atomic mass is 9.93. The normalized spacial score (nSPS) is 24.9. The van der Waals surface area contributed by atoms with Gasteiger partial charge in [-0.1, -0.05) is 28.1 Å². The fourth-order valence-electron chi connectivity index (χ4n) is 2.36. The summed E-state index contributed by atoms with van der Waals surface area (Å²) >= 11 is 3.52. The van der Waals surface area contributed by atoms with Crippen molar-refractivity contribution in [3.8, 4) is 0 Å². The van der Waals surface area contributed by atoms with E-state index in [0.29, 0.717) is 6.04 Å². The van der Waals surface area contributed by atoms with Gasteiger partial charge in [-0.25, -0.2) is 0 Å². The maximum absolute atomic E-state index is 9.45. The molecule has 1 aromatic rings. The number of halogens is 1. The van der Waals surface area contributed by atoms with Crippen LogP contribution in [0, 0.1) is 6.92 Å². The van der Waals surface area contributed by atoms with Crippen LogP contribution >= 0.6 is 15.9 Å². The zero-order valence-electron chi connectivity index (χ0n) is 10.2. The van der Waals surface area contributed by atoms with Gasteiger partial charge in [0.1, 0.15) is 0 Å². The molecule has 0 aliphatic heterocycles. The summed E-state index contributed by atoms with van der Waals surface area (Å²) in [6, 6.07) is 7.05. The quantitative estimate of drug-likeness (QED) is 0.898. The van der Waals surface area contributed by atoms with E-state index in [2.05, 4.69) is 46.4 Å². The molecule has 0 heterocycles. The molecule has 0 atom stereocenters. The van der Waals surface area contributed by atoms with Gasteiger partial charge < -0.3 is 10.4 Å². The number of aliphatic hydroxyl groups excluding tert-OH is 1. The summed E-state index contributed by atoms with van der Waals surface area (Å²) in [5.41, 5.74) is 2.61. The predicted molar refractivity (Wildman–Crippen MR) is 74.0 cm³/mol. The summed E-state index contributed by atoms with van der Waals surface area (Å²) in [6.45, 7) is 3.04. The van der Waals surface area contributed by atoms with Gasteiger partial charge in [0, 0.05) is 17.1 Å². The lowest BCUT2D eigenvalue weighted by Gasteiger charge is -2.26. The Balaban J connectivity index is 1.83. The van der Waals surface area contributed by atoms with Crippen LogP contribution in [-0.2, 0) is 6.54 Å². The summed E-state index contributed by atoms with van der Waals surface area (Å²) < 4.78 is 1.17. The van der Waals surface area contributed by atoms with Crippen molar-refractivity contribution in [2.45, 2.75) is 51.3 Å². The Morgan fingerprint density at radius 2 is 2.00 bits per heavy atom. The molecule has 94 valence electrons. The molecule has 0 spiro atoms. The monoisotopic (exact) mass is 297 g/mol. The molecule has 0 saturated heterocycles. The van der Waals surface area contributed by atoms with Gasteiger partial charge in [-0.3, -0.25) is 0 Å². The highest BCUT2D eigenvalue weighted by molar-refractivity contribution is 9.10. The molecule has 2 N–H and O–H groups in total. The number of rotatable bonds is 3. The van der Waals surface area contributed by atoms with Crippen molar-refractivity contribution in [2.75, 3.05) is 0 Å². The molecule has 1 aliphatic carbocycles. The Hall–Kier alpha value is -0.380. The zero-order valence-corrected chi connectivity index (χ0v) is 11.8. The van der Waals surface area contributed by atoms with Crippen LogP contribution in [-0.4, -0.2) is 17.3 Å². The van der Waals surface area contributed by atoms with Crippen LogP contribution in [0.4, 0.5) is 0 Å². The van der Waals surface area contributed by atoms with E-state index in [4.69, 9.17) is 0 Å². The van der Waals surface area contributed by atoms with Crippen LogP contribution in [0.2, 0.25) is 0 Å². The second kappa shape index (κ2) is 5.98. The van der Waals surface area contributed by atoms with Gasteiger partial charge >= 0.3 is 0 Å². The second-order valence-corrected chi connectivity index (χ2v) is 5.82. The minimum atomic E-state index is -0.0667. The predicted octanol–water partition coefficient (Wildman–Crippen LogP) is 3.15. The molecule has 2 rings (SSSR count). The SMILES string of the molecule is Cc1cc(CNC2CCC(O)CC2)ccc1Br. The Bertz CT molecular complexity index is 372. The first-order valence-electron chi connectivity index (χ1n) is 6.31. The van der Waals surface area contributed by atoms with Crippen molar-refractivity contribution in [1.82, 2.24) is 5.32 Å². The molecule has 0 amide bonds. The van der Waals surface area contributed by atoms with E-state index in [1.807, 2.05) is 0 Å². The average molecular weight is 298 g/mol. The molecule has 1 aromatic carbocycles. The van der Waals surface area contributed by atoms with Gasteiger partial charge in [0.05, 0.1) is 6.10 Å². The topological polar surface area (TPSA) is 32.3 Å². The molecule has 17 heavy (non-hydrogen) atoms. The maximum atomic E-state index is 9.45. The summed E-state index contributed by atoms with van der Waals surface area (Å²) in [7, 11) is 0. The summed E-state index contributed by atoms with van der Waals surface area (Å²) in [4.78, 5) is 0. The first-order chi connectivity index (χ1) is 8.15. The smallest absolute Gasteiger partial charge is 0.0541 e. The third-order valence-electron chi connectivity index (χ3n) is 3.51. The van der Waals surface area contributed by atoms with Gasteiger partial charge in [-0.05, 0) is 49.8 Å². The maximum Gasteiger partial charge on any atom is 0.0541 e. The Morgan fingerprint density at radius 3 is 2.65 bits per heavy atom. The van der Waals surface area contributed by atoms with E-state index in [0.717, 1.165) is 32.2 Å². The van der Waals surface area contributed by atoms with Crippen molar-refractivity contribution in [2.24, 2.45) is 0 Å². The lowest BCUT2D eigenvalue weighted by Crippen LogP contribution is -2.34. The molecule has 1 fully saturated rings. The van der Waals surface area contributed by atoms with Gasteiger partial charge in [0.15, 0.2) is 0 Å². The van der Waals surface area contributed by atoms with E-state index in [1.54, 1.807) is 0 Å². The minimum Gasteiger partial charge on any atom is -0.393 e. The average Bonchev–Trinajstić information content (AvgIpc) is 2.33. The first kappa shape index (κ1) is 13.1. The first-order valence-corrected chi connectivity index (χ1v) is 7.11. The van der Waals surface area contributed by atoms with Crippen molar-refractivity contribution in [3.05, 3.63) is 33.8 Å². The number of nitrogens with one attached hydrogen (secondary N) is 1. The summed E-state index contributed by atoms with van der Waals surface area (Å²) in [5.74, 6) is 0. The van der Waals surface area contributed by atoms with Crippen molar-refractivity contribution in [1.29, 1.82) is 0 Å². The van der Waals surface area contributed by atoms with Crippen molar-refractivity contribution < 1.29 is 5.11 Å². The molecular formula is C14H20BrNO. The Morgan fingerprint density at radius 1 is 1.29 bits per heavy atom. The minimum absolute atomic E-state index is 0.0667. The zero-order chi connectivity index (χ0) is 12.3. The Labute approximate surface area is 112 Å². The largest absolute Gasteiger partial charge is 0.393 e. The molecule has 3 heteroatoms. The summed E-state index contributed by atoms with van der Waals surface area (Å²) in [5, 5.41) is 13.0. The number of aryl methyl sites for hydroxylation is 1. The van der Waals surface area contributed by atoms with Crippen LogP contribution in [0.3, 0.4) is 0 Å². The van der Waals surface area contributed by atoms with E-state index >= 15 is 0 Å². The summed E-state index contributed by atoms with van der Waals surface area (Å²) in [6.07, 6.45) is 4.00. The van der Waals surface area contributed by atoms with E-state index in [9.17, 15) is 5.11 Å². The van der Waals surface area contributed by atoms with Crippen LogP contribution in [0.15, 0.2) is 22.7 Å². The van der Waals surface area contributed by atoms with Crippen LogP contribution in [0.1, 0.15) is 36.8 Å². The highest BCUT2D eigenvalue weighted by Gasteiger charge is 2.18. The van der Waals surface area contributed by atoms with Gasteiger partial charge in [-0.2, -0.15) is 0 Å². The van der Waals surface area contributed by atoms with E-state index in [-0.39, 0.29) is 6.10 Å². The molecule has 0 radical (unpaired) electrons. The third-order valence-corrected chi connectivity index (χ3v) is 4.40. The third kappa shape index (κ3) is 3.80. The van der Waals surface area contributed by atoms with Crippen LogP contribution in [0.5, 0.6) is 0 Å². The van der Waals surface area contributed by atoms with Gasteiger partial charge in [-0.15, -0.1) is 0 Å². The molecular weight excluding hydrogens is 278 g/mol. The molecule has 0 bridgehead atoms. The molecule has 0 unspecified atom stereocenters. The van der Waals surface area contributed by atoms with Crippen molar-refractivity contribution >= 4 is 15.9 Å². The number of benzene rings is 1. The van der Waals surface area contributed by atoms with Crippen LogP contribution in [0.25, 0.3) is 0 Å². The number of hydrogen-bond donors (Lipinski definition) is 2. The van der Waals surface area contributed by atoms with E-state index in [1.165, 1.54) is 15.6 Å². The van der Waals surface area contributed by atoms with Gasteiger partial charge in [0.2, 0.25) is 0 Å². The fraction of sp³-hybridized carbons (Fsp3) is 0.571. The molecule has 1 saturated carbocycles. The Kier molecular flexibility index (Phi) is 4.60. The van der Waals surface area contributed by atoms with Gasteiger partial charge in [0.25, 0.3) is 0 Å². The van der Waals surface area contributed by atoms with Crippen LogP contribution < -0.4 is 5.32 Å². The second-order valence-electron chi connectivity index (χ2n) is 4.97. The highest BCUT2D eigenvalue weighted by Crippen LogP contribution is 2.20. The standard InChI is InChI=1S/C14H20BrNO/c1-10-8-11(2-7-14(10)15)9-16-12-3-5-13(17)6-4-12/h2,7-8,12-13,16-17H,3-6,9H2,1H3. The highest BCUT2D eigenvalue weighted by atomic mass is 79.9.